The Morgan fingerprint density at radius 2 is 2.12 bits per heavy atom. The van der Waals surface area contributed by atoms with Gasteiger partial charge in [-0.3, -0.25) is 4.79 Å². The van der Waals surface area contributed by atoms with Gasteiger partial charge in [0.15, 0.2) is 0 Å². The summed E-state index contributed by atoms with van der Waals surface area (Å²) in [6.45, 7) is 2.01. The molecule has 2 aromatic rings. The summed E-state index contributed by atoms with van der Waals surface area (Å²) in [4.78, 5) is 11.9. The predicted molar refractivity (Wildman–Crippen MR) is 72.2 cm³/mol. The third-order valence-corrected chi connectivity index (χ3v) is 3.46. The lowest BCUT2D eigenvalue weighted by Crippen LogP contribution is -2.15. The molecular weight excluding hydrogens is 280 g/mol. The fraction of sp³-hybridized carbons (Fsp3) is 0.154. The number of rotatable bonds is 2. The number of aromatic nitrogens is 1. The maximum absolute atomic E-state index is 11.9. The molecule has 0 saturated carbocycles. The molecule has 0 aliphatic heterocycles. The highest BCUT2D eigenvalue weighted by Crippen LogP contribution is 2.21. The minimum Gasteiger partial charge on any atom is -0.347 e. The summed E-state index contributed by atoms with van der Waals surface area (Å²) in [5.41, 5.74) is 2.57. The third kappa shape index (κ3) is 2.58. The number of anilines is 1. The topological polar surface area (TPSA) is 34.0 Å². The van der Waals surface area contributed by atoms with Crippen LogP contribution in [-0.4, -0.2) is 10.5 Å². The first-order chi connectivity index (χ1) is 8.08. The SMILES string of the molecule is Cc1ccc(NC(=O)c2cccn2C)cc1Br. The summed E-state index contributed by atoms with van der Waals surface area (Å²) in [6, 6.07) is 9.39. The number of halogens is 1. The molecule has 1 N–H and O–H groups in total. The van der Waals surface area contributed by atoms with E-state index in [9.17, 15) is 4.79 Å². The van der Waals surface area contributed by atoms with E-state index in [2.05, 4.69) is 21.2 Å². The van der Waals surface area contributed by atoms with Gasteiger partial charge in [-0.1, -0.05) is 22.0 Å². The van der Waals surface area contributed by atoms with Gasteiger partial charge in [-0.2, -0.15) is 0 Å². The minimum atomic E-state index is -0.103. The quantitative estimate of drug-likeness (QED) is 0.905. The molecule has 1 aromatic carbocycles. The Bertz CT molecular complexity index is 560. The van der Waals surface area contributed by atoms with E-state index in [0.717, 1.165) is 15.7 Å². The van der Waals surface area contributed by atoms with Crippen molar-refractivity contribution < 1.29 is 4.79 Å². The van der Waals surface area contributed by atoms with Crippen LogP contribution in [0.15, 0.2) is 41.0 Å². The molecule has 0 spiro atoms. The zero-order chi connectivity index (χ0) is 12.4. The van der Waals surface area contributed by atoms with Crippen molar-refractivity contribution in [1.29, 1.82) is 0 Å². The van der Waals surface area contributed by atoms with Crippen LogP contribution in [0.5, 0.6) is 0 Å². The molecule has 0 bridgehead atoms. The van der Waals surface area contributed by atoms with Crippen molar-refractivity contribution >= 4 is 27.5 Å². The average Bonchev–Trinajstić information content (AvgIpc) is 2.70. The summed E-state index contributed by atoms with van der Waals surface area (Å²) < 4.78 is 2.78. The lowest BCUT2D eigenvalue weighted by molar-refractivity contribution is 0.101. The average molecular weight is 293 g/mol. The molecule has 88 valence electrons. The van der Waals surface area contributed by atoms with E-state index in [1.807, 2.05) is 44.4 Å². The van der Waals surface area contributed by atoms with Gasteiger partial charge in [0, 0.05) is 23.4 Å². The molecule has 0 fully saturated rings. The second-order valence-electron chi connectivity index (χ2n) is 3.92. The number of hydrogen-bond donors (Lipinski definition) is 1. The number of nitrogens with one attached hydrogen (secondary N) is 1. The van der Waals surface area contributed by atoms with Crippen LogP contribution in [0, 0.1) is 6.92 Å². The normalized spacial score (nSPS) is 10.3. The monoisotopic (exact) mass is 292 g/mol. The van der Waals surface area contributed by atoms with Crippen LogP contribution >= 0.6 is 15.9 Å². The van der Waals surface area contributed by atoms with Crippen molar-refractivity contribution in [1.82, 2.24) is 4.57 Å². The number of carbonyl (C=O) groups is 1. The number of nitrogens with zero attached hydrogens (tertiary/aromatic N) is 1. The largest absolute Gasteiger partial charge is 0.347 e. The summed E-state index contributed by atoms with van der Waals surface area (Å²) in [6.07, 6.45) is 1.85. The molecule has 0 radical (unpaired) electrons. The molecule has 0 atom stereocenters. The Labute approximate surface area is 109 Å². The van der Waals surface area contributed by atoms with Crippen LogP contribution in [0.3, 0.4) is 0 Å². The van der Waals surface area contributed by atoms with E-state index in [4.69, 9.17) is 0 Å². The number of aryl methyl sites for hydroxylation is 2. The Hall–Kier alpha value is -1.55. The van der Waals surface area contributed by atoms with Gasteiger partial charge in [0.2, 0.25) is 0 Å². The number of benzene rings is 1. The van der Waals surface area contributed by atoms with E-state index in [0.29, 0.717) is 5.69 Å². The summed E-state index contributed by atoms with van der Waals surface area (Å²) in [5, 5.41) is 2.86. The molecule has 0 unspecified atom stereocenters. The zero-order valence-corrected chi connectivity index (χ0v) is 11.3. The summed E-state index contributed by atoms with van der Waals surface area (Å²) >= 11 is 3.44. The maximum Gasteiger partial charge on any atom is 0.272 e. The summed E-state index contributed by atoms with van der Waals surface area (Å²) in [7, 11) is 1.85. The Balaban J connectivity index is 2.19. The zero-order valence-electron chi connectivity index (χ0n) is 9.70. The van der Waals surface area contributed by atoms with E-state index >= 15 is 0 Å². The molecular formula is C13H13BrN2O. The predicted octanol–water partition coefficient (Wildman–Crippen LogP) is 3.35. The molecule has 0 aliphatic rings. The molecule has 0 aliphatic carbocycles. The molecule has 1 heterocycles. The van der Waals surface area contributed by atoms with Crippen molar-refractivity contribution in [3.63, 3.8) is 0 Å². The van der Waals surface area contributed by atoms with Gasteiger partial charge in [0.05, 0.1) is 0 Å². The highest BCUT2D eigenvalue weighted by atomic mass is 79.9. The molecule has 1 amide bonds. The van der Waals surface area contributed by atoms with Crippen LogP contribution in [0.4, 0.5) is 5.69 Å². The Morgan fingerprint density at radius 3 is 2.71 bits per heavy atom. The second kappa shape index (κ2) is 4.75. The third-order valence-electron chi connectivity index (χ3n) is 2.61. The first-order valence-electron chi connectivity index (χ1n) is 5.27. The lowest BCUT2D eigenvalue weighted by Gasteiger charge is -2.07. The summed E-state index contributed by atoms with van der Waals surface area (Å²) in [5.74, 6) is -0.103. The minimum absolute atomic E-state index is 0.103. The molecule has 1 aromatic heterocycles. The fourth-order valence-corrected chi connectivity index (χ4v) is 1.94. The van der Waals surface area contributed by atoms with Gasteiger partial charge in [0.25, 0.3) is 5.91 Å². The first kappa shape index (κ1) is 11.9. The maximum atomic E-state index is 11.9. The van der Waals surface area contributed by atoms with Crippen molar-refractivity contribution in [3.8, 4) is 0 Å². The molecule has 2 rings (SSSR count). The highest BCUT2D eigenvalue weighted by molar-refractivity contribution is 9.10. The first-order valence-corrected chi connectivity index (χ1v) is 6.06. The molecule has 17 heavy (non-hydrogen) atoms. The van der Waals surface area contributed by atoms with Gasteiger partial charge in [-0.15, -0.1) is 0 Å². The van der Waals surface area contributed by atoms with Gasteiger partial charge in [-0.25, -0.2) is 0 Å². The van der Waals surface area contributed by atoms with Crippen LogP contribution in [0.2, 0.25) is 0 Å². The van der Waals surface area contributed by atoms with Gasteiger partial charge in [-0.05, 0) is 36.8 Å². The van der Waals surface area contributed by atoms with Crippen molar-refractivity contribution in [2.75, 3.05) is 5.32 Å². The van der Waals surface area contributed by atoms with Gasteiger partial charge in [0.1, 0.15) is 5.69 Å². The van der Waals surface area contributed by atoms with E-state index < -0.39 is 0 Å². The molecule has 4 heteroatoms. The number of amides is 1. The second-order valence-corrected chi connectivity index (χ2v) is 4.78. The van der Waals surface area contributed by atoms with Crippen molar-refractivity contribution in [2.45, 2.75) is 6.92 Å². The van der Waals surface area contributed by atoms with Crippen molar-refractivity contribution in [3.05, 3.63) is 52.3 Å². The van der Waals surface area contributed by atoms with Gasteiger partial charge >= 0.3 is 0 Å². The van der Waals surface area contributed by atoms with Crippen molar-refractivity contribution in [2.24, 2.45) is 7.05 Å². The highest BCUT2D eigenvalue weighted by Gasteiger charge is 2.09. The van der Waals surface area contributed by atoms with Crippen LogP contribution < -0.4 is 5.32 Å². The Morgan fingerprint density at radius 1 is 1.35 bits per heavy atom. The van der Waals surface area contributed by atoms with Gasteiger partial charge < -0.3 is 9.88 Å². The lowest BCUT2D eigenvalue weighted by atomic mass is 10.2. The number of carbonyl (C=O) groups excluding carboxylic acids is 1. The molecule has 3 nitrogen and oxygen atoms in total. The van der Waals surface area contributed by atoms with E-state index in [1.54, 1.807) is 10.6 Å². The standard InChI is InChI=1S/C13H13BrN2O/c1-9-5-6-10(8-11(9)14)15-13(17)12-4-3-7-16(12)2/h3-8H,1-2H3,(H,15,17). The van der Waals surface area contributed by atoms with Crippen LogP contribution in [0.1, 0.15) is 16.1 Å². The molecule has 0 saturated heterocycles. The Kier molecular flexibility index (Phi) is 3.33. The fourth-order valence-electron chi connectivity index (χ4n) is 1.56. The van der Waals surface area contributed by atoms with Crippen LogP contribution in [-0.2, 0) is 7.05 Å². The smallest absolute Gasteiger partial charge is 0.272 e. The number of hydrogen-bond acceptors (Lipinski definition) is 1. The van der Waals surface area contributed by atoms with E-state index in [-0.39, 0.29) is 5.91 Å². The van der Waals surface area contributed by atoms with Crippen LogP contribution in [0.25, 0.3) is 0 Å². The van der Waals surface area contributed by atoms with E-state index in [1.165, 1.54) is 0 Å².